The maximum atomic E-state index is 15.5. The SMILES string of the molecule is CCS(=O)(=O)N[C@H]1CCN(C(=O)C2CCC2)[C@H]1Cc1cccc(-c2cccc(F)c2)c1F. The Hall–Kier alpha value is -2.32. The van der Waals surface area contributed by atoms with E-state index >= 15 is 4.39 Å². The van der Waals surface area contributed by atoms with Crippen molar-refractivity contribution in [3.05, 3.63) is 59.7 Å². The number of halogens is 2. The summed E-state index contributed by atoms with van der Waals surface area (Å²) in [5.74, 6) is -0.980. The van der Waals surface area contributed by atoms with Crippen LogP contribution in [0.25, 0.3) is 11.1 Å². The second kappa shape index (κ2) is 9.27. The lowest BCUT2D eigenvalue weighted by Gasteiger charge is -2.34. The van der Waals surface area contributed by atoms with Crippen molar-refractivity contribution in [1.29, 1.82) is 0 Å². The number of rotatable bonds is 7. The number of amides is 1. The van der Waals surface area contributed by atoms with Gasteiger partial charge in [0, 0.05) is 24.1 Å². The van der Waals surface area contributed by atoms with E-state index < -0.39 is 33.7 Å². The lowest BCUT2D eigenvalue weighted by atomic mass is 9.84. The third kappa shape index (κ3) is 4.71. The molecule has 0 bridgehead atoms. The highest BCUT2D eigenvalue weighted by Gasteiger charge is 2.42. The Morgan fingerprint density at radius 3 is 2.53 bits per heavy atom. The molecule has 1 N–H and O–H groups in total. The monoisotopic (exact) mass is 462 g/mol. The first-order valence-corrected chi connectivity index (χ1v) is 12.8. The number of sulfonamides is 1. The van der Waals surface area contributed by atoms with Crippen molar-refractivity contribution in [3.8, 4) is 11.1 Å². The molecule has 0 spiro atoms. The van der Waals surface area contributed by atoms with Gasteiger partial charge in [-0.1, -0.05) is 36.8 Å². The van der Waals surface area contributed by atoms with Crippen LogP contribution in [0.3, 0.4) is 0 Å². The van der Waals surface area contributed by atoms with Gasteiger partial charge in [0.15, 0.2) is 0 Å². The van der Waals surface area contributed by atoms with Gasteiger partial charge >= 0.3 is 0 Å². The van der Waals surface area contributed by atoms with Crippen molar-refractivity contribution in [2.45, 2.75) is 51.1 Å². The molecule has 0 radical (unpaired) electrons. The van der Waals surface area contributed by atoms with Crippen molar-refractivity contribution < 1.29 is 22.0 Å². The molecule has 1 amide bonds. The highest BCUT2D eigenvalue weighted by Crippen LogP contribution is 2.34. The smallest absolute Gasteiger partial charge is 0.225 e. The number of likely N-dealkylation sites (tertiary alicyclic amines) is 1. The standard InChI is InChI=1S/C24H28F2N2O3S/c1-2-32(30,31)27-21-12-13-28(24(29)16-6-3-7-16)22(21)15-18-9-5-11-20(23(18)26)17-8-4-10-19(25)14-17/h4-5,8-11,14,16,21-22,27H,2-3,6-7,12-13,15H2,1H3/t21-,22-/m0/s1. The zero-order chi connectivity index (χ0) is 22.9. The normalized spacial score (nSPS) is 21.5. The molecule has 5 nitrogen and oxygen atoms in total. The van der Waals surface area contributed by atoms with Gasteiger partial charge in [0.05, 0.1) is 11.8 Å². The van der Waals surface area contributed by atoms with Crippen LogP contribution in [0, 0.1) is 17.6 Å². The molecule has 2 atom stereocenters. The van der Waals surface area contributed by atoms with Gasteiger partial charge in [0.25, 0.3) is 0 Å². The molecule has 2 fully saturated rings. The Kier molecular flexibility index (Phi) is 6.62. The van der Waals surface area contributed by atoms with Crippen LogP contribution in [0.5, 0.6) is 0 Å². The van der Waals surface area contributed by atoms with Crippen LogP contribution < -0.4 is 4.72 Å². The molecule has 1 saturated carbocycles. The van der Waals surface area contributed by atoms with Crippen molar-refractivity contribution in [2.24, 2.45) is 5.92 Å². The Bertz CT molecular complexity index is 1100. The van der Waals surface area contributed by atoms with Gasteiger partial charge in [-0.05, 0) is 55.9 Å². The minimum absolute atomic E-state index is 0.0255. The zero-order valence-corrected chi connectivity index (χ0v) is 18.9. The van der Waals surface area contributed by atoms with E-state index in [0.717, 1.165) is 19.3 Å². The van der Waals surface area contributed by atoms with Crippen LogP contribution in [0.15, 0.2) is 42.5 Å². The van der Waals surface area contributed by atoms with E-state index in [9.17, 15) is 17.6 Å². The molecule has 1 aliphatic carbocycles. The van der Waals surface area contributed by atoms with Gasteiger partial charge in [0.2, 0.25) is 15.9 Å². The van der Waals surface area contributed by atoms with Crippen molar-refractivity contribution >= 4 is 15.9 Å². The number of benzene rings is 2. The first-order chi connectivity index (χ1) is 15.3. The van der Waals surface area contributed by atoms with Crippen LogP contribution in [-0.4, -0.2) is 43.6 Å². The van der Waals surface area contributed by atoms with Crippen LogP contribution in [0.2, 0.25) is 0 Å². The first-order valence-electron chi connectivity index (χ1n) is 11.1. The van der Waals surface area contributed by atoms with Gasteiger partial charge in [-0.15, -0.1) is 0 Å². The summed E-state index contributed by atoms with van der Waals surface area (Å²) in [6, 6.07) is 9.76. The summed E-state index contributed by atoms with van der Waals surface area (Å²) in [6.45, 7) is 2.01. The van der Waals surface area contributed by atoms with E-state index in [4.69, 9.17) is 0 Å². The summed E-state index contributed by atoms with van der Waals surface area (Å²) in [7, 11) is -3.48. The van der Waals surface area contributed by atoms with Gasteiger partial charge in [-0.2, -0.15) is 0 Å². The minimum Gasteiger partial charge on any atom is -0.337 e. The van der Waals surface area contributed by atoms with Crippen molar-refractivity contribution in [3.63, 3.8) is 0 Å². The largest absolute Gasteiger partial charge is 0.337 e. The second-order valence-electron chi connectivity index (χ2n) is 8.64. The molecule has 172 valence electrons. The molecule has 2 aromatic carbocycles. The predicted octanol–water partition coefficient (Wildman–Crippen LogP) is 3.88. The molecule has 1 saturated heterocycles. The third-order valence-corrected chi connectivity index (χ3v) is 8.06. The van der Waals surface area contributed by atoms with Crippen LogP contribution in [-0.2, 0) is 21.2 Å². The van der Waals surface area contributed by atoms with E-state index in [1.165, 1.54) is 18.2 Å². The summed E-state index contributed by atoms with van der Waals surface area (Å²) in [6.07, 6.45) is 3.39. The highest BCUT2D eigenvalue weighted by atomic mass is 32.2. The van der Waals surface area contributed by atoms with Gasteiger partial charge < -0.3 is 4.90 Å². The lowest BCUT2D eigenvalue weighted by molar-refractivity contribution is -0.139. The summed E-state index contributed by atoms with van der Waals surface area (Å²) in [4.78, 5) is 14.8. The molecule has 2 aliphatic rings. The van der Waals surface area contributed by atoms with Crippen molar-refractivity contribution in [2.75, 3.05) is 12.3 Å². The van der Waals surface area contributed by atoms with E-state index in [2.05, 4.69) is 4.72 Å². The Morgan fingerprint density at radius 2 is 1.88 bits per heavy atom. The predicted molar refractivity (Wildman–Crippen MR) is 119 cm³/mol. The fourth-order valence-electron chi connectivity index (χ4n) is 4.56. The maximum absolute atomic E-state index is 15.5. The second-order valence-corrected chi connectivity index (χ2v) is 10.7. The first kappa shape index (κ1) is 22.9. The summed E-state index contributed by atoms with van der Waals surface area (Å²) in [5, 5.41) is 0. The van der Waals surface area contributed by atoms with Gasteiger partial charge in [0.1, 0.15) is 11.6 Å². The Balaban J connectivity index is 1.65. The molecular weight excluding hydrogens is 434 g/mol. The Morgan fingerprint density at radius 1 is 1.12 bits per heavy atom. The van der Waals surface area contributed by atoms with Crippen LogP contribution in [0.1, 0.15) is 38.2 Å². The molecule has 1 aliphatic heterocycles. The summed E-state index contributed by atoms with van der Waals surface area (Å²) < 4.78 is 56.4. The van der Waals surface area contributed by atoms with Crippen LogP contribution >= 0.6 is 0 Å². The molecule has 32 heavy (non-hydrogen) atoms. The number of hydrogen-bond acceptors (Lipinski definition) is 3. The number of hydrogen-bond donors (Lipinski definition) is 1. The van der Waals surface area contributed by atoms with E-state index in [-0.39, 0.29) is 29.6 Å². The Labute approximate surface area is 187 Å². The fourth-order valence-corrected chi connectivity index (χ4v) is 5.47. The molecule has 4 rings (SSSR count). The highest BCUT2D eigenvalue weighted by molar-refractivity contribution is 7.89. The van der Waals surface area contributed by atoms with E-state index in [1.54, 1.807) is 36.1 Å². The van der Waals surface area contributed by atoms with Crippen molar-refractivity contribution in [1.82, 2.24) is 9.62 Å². The average Bonchev–Trinajstić information content (AvgIpc) is 3.09. The third-order valence-electron chi connectivity index (χ3n) is 6.64. The van der Waals surface area contributed by atoms with Gasteiger partial charge in [-0.25, -0.2) is 21.9 Å². The molecule has 8 heteroatoms. The lowest BCUT2D eigenvalue weighted by Crippen LogP contribution is -2.50. The number of carbonyl (C=O) groups excluding carboxylic acids is 1. The number of carbonyl (C=O) groups is 1. The molecule has 0 aromatic heterocycles. The van der Waals surface area contributed by atoms with Gasteiger partial charge in [-0.3, -0.25) is 4.79 Å². The number of nitrogens with zero attached hydrogens (tertiary/aromatic N) is 1. The molecule has 1 heterocycles. The quantitative estimate of drug-likeness (QED) is 0.679. The molecule has 0 unspecified atom stereocenters. The molecule has 2 aromatic rings. The zero-order valence-electron chi connectivity index (χ0n) is 18.1. The molecular formula is C24H28F2N2O3S. The minimum atomic E-state index is -3.48. The average molecular weight is 463 g/mol. The fraction of sp³-hybridized carbons (Fsp3) is 0.458. The topological polar surface area (TPSA) is 66.5 Å². The maximum Gasteiger partial charge on any atom is 0.225 e. The summed E-state index contributed by atoms with van der Waals surface area (Å²) >= 11 is 0. The van der Waals surface area contributed by atoms with E-state index in [0.29, 0.717) is 24.1 Å². The number of nitrogens with one attached hydrogen (secondary N) is 1. The van der Waals surface area contributed by atoms with Crippen LogP contribution in [0.4, 0.5) is 8.78 Å². The van der Waals surface area contributed by atoms with E-state index in [1.807, 2.05) is 0 Å². The summed E-state index contributed by atoms with van der Waals surface area (Å²) in [5.41, 5.74) is 1.09.